The topological polar surface area (TPSA) is 92.3 Å². The zero-order valence-corrected chi connectivity index (χ0v) is 9.52. The van der Waals surface area contributed by atoms with Crippen molar-refractivity contribution >= 4 is 11.9 Å². The summed E-state index contributed by atoms with van der Waals surface area (Å²) < 4.78 is 2.60. The highest BCUT2D eigenvalue weighted by Crippen LogP contribution is 2.41. The number of piperidine rings is 1. The molecule has 2 fully saturated rings. The van der Waals surface area contributed by atoms with Gasteiger partial charge in [-0.05, 0) is 44.4 Å². The van der Waals surface area contributed by atoms with Gasteiger partial charge in [0, 0.05) is 12.1 Å². The molecule has 2 rings (SSSR count). The van der Waals surface area contributed by atoms with Gasteiger partial charge in [0.1, 0.15) is 0 Å². The molecule has 0 amide bonds. The molecule has 2 bridgehead atoms. The van der Waals surface area contributed by atoms with Gasteiger partial charge in [-0.15, -0.1) is 0 Å². The number of fused-ring (bicyclic) bond motifs is 2. The van der Waals surface area contributed by atoms with Crippen molar-refractivity contribution in [3.05, 3.63) is 0 Å². The Morgan fingerprint density at radius 2 is 1.71 bits per heavy atom. The Labute approximate surface area is 90.0 Å². The second kappa shape index (κ2) is 5.92. The van der Waals surface area contributed by atoms with Crippen molar-refractivity contribution in [1.29, 1.82) is 0 Å². The molecule has 2 aliphatic rings. The molecule has 2 saturated heterocycles. The fourth-order valence-electron chi connectivity index (χ4n) is 2.74. The van der Waals surface area contributed by atoms with Gasteiger partial charge < -0.3 is 16.7 Å². The van der Waals surface area contributed by atoms with Gasteiger partial charge in [-0.2, -0.15) is 0 Å². The fourth-order valence-corrected chi connectivity index (χ4v) is 3.72. The molecule has 6 N–H and O–H groups in total. The molecule has 5 heteroatoms. The maximum absolute atomic E-state index is 5.72. The van der Waals surface area contributed by atoms with Gasteiger partial charge in [-0.25, -0.2) is 4.31 Å². The first-order chi connectivity index (χ1) is 5.85. The molecular formula is C9H22N2O2S. The Morgan fingerprint density at radius 1 is 1.21 bits per heavy atom. The van der Waals surface area contributed by atoms with Gasteiger partial charge in [0.05, 0.1) is 0 Å². The molecule has 1 unspecified atom stereocenters. The lowest BCUT2D eigenvalue weighted by atomic mass is 9.93. The third kappa shape index (κ3) is 2.41. The van der Waals surface area contributed by atoms with Crippen LogP contribution in [0.1, 0.15) is 25.7 Å². The summed E-state index contributed by atoms with van der Waals surface area (Å²) in [5.74, 6) is 0.811. The van der Waals surface area contributed by atoms with Crippen molar-refractivity contribution in [2.45, 2.75) is 37.8 Å². The molecular weight excluding hydrogens is 200 g/mol. The van der Waals surface area contributed by atoms with Crippen LogP contribution in [0.4, 0.5) is 0 Å². The third-order valence-electron chi connectivity index (χ3n) is 3.31. The van der Waals surface area contributed by atoms with E-state index in [-0.39, 0.29) is 11.0 Å². The summed E-state index contributed by atoms with van der Waals surface area (Å²) in [6.45, 7) is 0.898. The first-order valence-electron chi connectivity index (χ1n) is 4.87. The fraction of sp³-hybridized carbons (Fsp3) is 1.00. The highest BCUT2D eigenvalue weighted by atomic mass is 32.2. The molecule has 2 aliphatic heterocycles. The minimum atomic E-state index is 0. The Hall–Kier alpha value is 0.190. The van der Waals surface area contributed by atoms with E-state index in [0.29, 0.717) is 0 Å². The normalized spacial score (nSPS) is 36.0. The maximum Gasteiger partial charge on any atom is 0.0209 e. The van der Waals surface area contributed by atoms with E-state index in [0.717, 1.165) is 24.5 Å². The van der Waals surface area contributed by atoms with E-state index in [2.05, 4.69) is 10.6 Å². The second-order valence-electron chi connectivity index (χ2n) is 4.00. The standard InChI is InChI=1S/C9H18N2S.2H2O/c1-12-11-8-2-3-9(11)5-7(4-8)6-10;;/h7-9H,2-6,10H2,1H3;2*1H2/t7?,8-,9+;;. The van der Waals surface area contributed by atoms with Crippen molar-refractivity contribution < 1.29 is 11.0 Å². The van der Waals surface area contributed by atoms with Crippen molar-refractivity contribution in [2.24, 2.45) is 11.7 Å². The van der Waals surface area contributed by atoms with Gasteiger partial charge in [-0.3, -0.25) is 0 Å². The van der Waals surface area contributed by atoms with Crippen LogP contribution in [0.5, 0.6) is 0 Å². The Morgan fingerprint density at radius 3 is 2.07 bits per heavy atom. The Balaban J connectivity index is 0.000000845. The van der Waals surface area contributed by atoms with E-state index >= 15 is 0 Å². The molecule has 3 atom stereocenters. The smallest absolute Gasteiger partial charge is 0.0209 e. The van der Waals surface area contributed by atoms with E-state index in [1.807, 2.05) is 11.9 Å². The van der Waals surface area contributed by atoms with Crippen LogP contribution in [0, 0.1) is 5.92 Å². The monoisotopic (exact) mass is 222 g/mol. The summed E-state index contributed by atoms with van der Waals surface area (Å²) in [6, 6.07) is 1.68. The molecule has 14 heavy (non-hydrogen) atoms. The summed E-state index contributed by atoms with van der Waals surface area (Å²) in [5, 5.41) is 0. The third-order valence-corrected chi connectivity index (χ3v) is 4.33. The van der Waals surface area contributed by atoms with E-state index in [1.54, 1.807) is 0 Å². The molecule has 4 nitrogen and oxygen atoms in total. The van der Waals surface area contributed by atoms with Crippen LogP contribution in [0.25, 0.3) is 0 Å². The van der Waals surface area contributed by atoms with Gasteiger partial charge in [0.25, 0.3) is 0 Å². The minimum absolute atomic E-state index is 0. The summed E-state index contributed by atoms with van der Waals surface area (Å²) in [4.78, 5) is 0. The molecule has 0 aromatic heterocycles. The summed E-state index contributed by atoms with van der Waals surface area (Å²) in [5.41, 5.74) is 5.72. The van der Waals surface area contributed by atoms with Crippen LogP contribution >= 0.6 is 11.9 Å². The lowest BCUT2D eigenvalue weighted by Crippen LogP contribution is -2.40. The first-order valence-corrected chi connectivity index (χ1v) is 6.05. The summed E-state index contributed by atoms with van der Waals surface area (Å²) in [6.07, 6.45) is 7.69. The molecule has 0 radical (unpaired) electrons. The number of hydrogen-bond donors (Lipinski definition) is 1. The van der Waals surface area contributed by atoms with Gasteiger partial charge in [0.2, 0.25) is 0 Å². The maximum atomic E-state index is 5.72. The molecule has 0 aliphatic carbocycles. The number of hydrogen-bond acceptors (Lipinski definition) is 3. The molecule has 0 aromatic carbocycles. The summed E-state index contributed by atoms with van der Waals surface area (Å²) >= 11 is 1.93. The lowest BCUT2D eigenvalue weighted by Gasteiger charge is -2.36. The van der Waals surface area contributed by atoms with Crippen LogP contribution in [0.15, 0.2) is 0 Å². The van der Waals surface area contributed by atoms with Gasteiger partial charge in [-0.1, -0.05) is 11.9 Å². The average Bonchev–Trinajstić information content (AvgIpc) is 2.35. The largest absolute Gasteiger partial charge is 0.412 e. The molecule has 2 heterocycles. The van der Waals surface area contributed by atoms with Crippen LogP contribution in [0.2, 0.25) is 0 Å². The average molecular weight is 222 g/mol. The SMILES string of the molecule is CSN1[C@@H]2CC[C@H]1CC(CN)C2.O.O. The van der Waals surface area contributed by atoms with Crippen LogP contribution in [-0.4, -0.2) is 40.1 Å². The van der Waals surface area contributed by atoms with Gasteiger partial charge in [0.15, 0.2) is 0 Å². The van der Waals surface area contributed by atoms with E-state index in [1.165, 1.54) is 25.7 Å². The van der Waals surface area contributed by atoms with Crippen molar-refractivity contribution in [2.75, 3.05) is 12.8 Å². The quantitative estimate of drug-likeness (QED) is 0.657. The van der Waals surface area contributed by atoms with Crippen molar-refractivity contribution in [1.82, 2.24) is 4.31 Å². The van der Waals surface area contributed by atoms with Crippen molar-refractivity contribution in [3.63, 3.8) is 0 Å². The first kappa shape index (κ1) is 14.2. The molecule has 86 valence electrons. The Kier molecular flexibility index (Phi) is 6.00. The van der Waals surface area contributed by atoms with E-state index in [4.69, 9.17) is 5.73 Å². The minimum Gasteiger partial charge on any atom is -0.412 e. The Bertz CT molecular complexity index is 157. The summed E-state index contributed by atoms with van der Waals surface area (Å²) in [7, 11) is 0. The lowest BCUT2D eigenvalue weighted by molar-refractivity contribution is 0.210. The van der Waals surface area contributed by atoms with Crippen LogP contribution in [0.3, 0.4) is 0 Å². The highest BCUT2D eigenvalue weighted by Gasteiger charge is 2.39. The predicted octanol–water partition coefficient (Wildman–Crippen LogP) is -0.183. The number of rotatable bonds is 2. The molecule has 0 saturated carbocycles. The molecule has 0 aromatic rings. The van der Waals surface area contributed by atoms with Gasteiger partial charge >= 0.3 is 0 Å². The predicted molar refractivity (Wildman–Crippen MR) is 61.2 cm³/mol. The zero-order chi connectivity index (χ0) is 8.55. The van der Waals surface area contributed by atoms with E-state index < -0.39 is 0 Å². The van der Waals surface area contributed by atoms with Crippen LogP contribution in [-0.2, 0) is 0 Å². The van der Waals surface area contributed by atoms with E-state index in [9.17, 15) is 0 Å². The highest BCUT2D eigenvalue weighted by molar-refractivity contribution is 7.96. The second-order valence-corrected chi connectivity index (χ2v) is 4.79. The molecule has 0 spiro atoms. The zero-order valence-electron chi connectivity index (χ0n) is 8.70. The van der Waals surface area contributed by atoms with Crippen LogP contribution < -0.4 is 5.73 Å². The van der Waals surface area contributed by atoms with Crippen molar-refractivity contribution in [3.8, 4) is 0 Å². The number of nitrogens with zero attached hydrogens (tertiary/aromatic N) is 1. The number of nitrogens with two attached hydrogens (primary N) is 1.